The highest BCUT2D eigenvalue weighted by molar-refractivity contribution is 6.10. The van der Waals surface area contributed by atoms with E-state index in [-0.39, 0.29) is 11.7 Å². The number of allylic oxidation sites excluding steroid dienone is 3. The molecule has 0 saturated heterocycles. The van der Waals surface area contributed by atoms with Crippen molar-refractivity contribution < 1.29 is 4.79 Å². The van der Waals surface area contributed by atoms with Gasteiger partial charge in [0, 0.05) is 11.5 Å². The smallest absolute Gasteiger partial charge is 0.182 e. The predicted octanol–water partition coefficient (Wildman–Crippen LogP) is 2.85. The standard InChI is InChI=1S/C13H12O/c1-10-7-8-13(14)12(10)9-11-5-3-2-4-6-11/h2-10H,1H3. The highest BCUT2D eigenvalue weighted by atomic mass is 16.1. The van der Waals surface area contributed by atoms with E-state index in [4.69, 9.17) is 0 Å². The van der Waals surface area contributed by atoms with E-state index in [0.717, 1.165) is 11.1 Å². The molecular weight excluding hydrogens is 172 g/mol. The summed E-state index contributed by atoms with van der Waals surface area (Å²) in [6.45, 7) is 2.04. The Morgan fingerprint density at radius 3 is 2.50 bits per heavy atom. The molecule has 0 heterocycles. The highest BCUT2D eigenvalue weighted by Crippen LogP contribution is 2.23. The molecule has 1 heteroatoms. The van der Waals surface area contributed by atoms with Crippen LogP contribution in [0.2, 0.25) is 0 Å². The molecule has 0 fully saturated rings. The fourth-order valence-corrected chi connectivity index (χ4v) is 1.59. The fourth-order valence-electron chi connectivity index (χ4n) is 1.59. The maximum atomic E-state index is 11.4. The molecule has 1 aliphatic carbocycles. The van der Waals surface area contributed by atoms with Gasteiger partial charge in [0.2, 0.25) is 0 Å². The molecule has 1 aromatic rings. The number of benzene rings is 1. The second kappa shape index (κ2) is 3.62. The number of rotatable bonds is 1. The Bertz CT molecular complexity index is 399. The van der Waals surface area contributed by atoms with E-state index in [0.29, 0.717) is 0 Å². The van der Waals surface area contributed by atoms with Crippen LogP contribution in [0.4, 0.5) is 0 Å². The van der Waals surface area contributed by atoms with Crippen LogP contribution in [0.25, 0.3) is 6.08 Å². The largest absolute Gasteiger partial charge is 0.290 e. The number of ketones is 1. The van der Waals surface area contributed by atoms with Gasteiger partial charge in [-0.3, -0.25) is 4.79 Å². The van der Waals surface area contributed by atoms with Gasteiger partial charge in [0.25, 0.3) is 0 Å². The molecule has 0 radical (unpaired) electrons. The zero-order chi connectivity index (χ0) is 9.97. The predicted molar refractivity (Wildman–Crippen MR) is 57.7 cm³/mol. The van der Waals surface area contributed by atoms with Crippen molar-refractivity contribution in [3.63, 3.8) is 0 Å². The van der Waals surface area contributed by atoms with Crippen molar-refractivity contribution in [1.29, 1.82) is 0 Å². The van der Waals surface area contributed by atoms with Gasteiger partial charge in [0.1, 0.15) is 0 Å². The Balaban J connectivity index is 2.32. The Labute approximate surface area is 83.8 Å². The average molecular weight is 184 g/mol. The van der Waals surface area contributed by atoms with Crippen molar-refractivity contribution in [2.75, 3.05) is 0 Å². The topological polar surface area (TPSA) is 17.1 Å². The van der Waals surface area contributed by atoms with Gasteiger partial charge in [-0.2, -0.15) is 0 Å². The second-order valence-corrected chi connectivity index (χ2v) is 3.52. The normalized spacial score (nSPS) is 23.4. The molecule has 14 heavy (non-hydrogen) atoms. The van der Waals surface area contributed by atoms with Crippen molar-refractivity contribution in [3.8, 4) is 0 Å². The summed E-state index contributed by atoms with van der Waals surface area (Å²) in [5.41, 5.74) is 1.97. The first-order valence-electron chi connectivity index (χ1n) is 4.76. The third kappa shape index (κ3) is 1.67. The summed E-state index contributed by atoms with van der Waals surface area (Å²) >= 11 is 0. The van der Waals surface area contributed by atoms with Gasteiger partial charge >= 0.3 is 0 Å². The summed E-state index contributed by atoms with van der Waals surface area (Å²) in [7, 11) is 0. The number of carbonyl (C=O) groups is 1. The molecule has 0 amide bonds. The molecular formula is C13H12O. The Hall–Kier alpha value is -1.63. The maximum Gasteiger partial charge on any atom is 0.182 e. The van der Waals surface area contributed by atoms with E-state index in [1.807, 2.05) is 49.4 Å². The van der Waals surface area contributed by atoms with Gasteiger partial charge in [-0.05, 0) is 17.7 Å². The molecule has 0 saturated carbocycles. The first-order valence-corrected chi connectivity index (χ1v) is 4.76. The van der Waals surface area contributed by atoms with Crippen LogP contribution in [-0.2, 0) is 4.79 Å². The summed E-state index contributed by atoms with van der Waals surface area (Å²) in [4.78, 5) is 11.4. The van der Waals surface area contributed by atoms with Crippen molar-refractivity contribution >= 4 is 11.9 Å². The van der Waals surface area contributed by atoms with Crippen molar-refractivity contribution in [1.82, 2.24) is 0 Å². The molecule has 1 aliphatic rings. The van der Waals surface area contributed by atoms with Gasteiger partial charge in [0.15, 0.2) is 5.78 Å². The minimum Gasteiger partial charge on any atom is -0.290 e. The third-order valence-electron chi connectivity index (χ3n) is 2.43. The molecule has 0 bridgehead atoms. The molecule has 0 aromatic heterocycles. The lowest BCUT2D eigenvalue weighted by molar-refractivity contribution is -0.111. The lowest BCUT2D eigenvalue weighted by atomic mass is 10.0. The Kier molecular flexibility index (Phi) is 2.32. The summed E-state index contributed by atoms with van der Waals surface area (Å²) in [5.74, 6) is 0.393. The lowest BCUT2D eigenvalue weighted by Gasteiger charge is -2.02. The minimum absolute atomic E-state index is 0.140. The van der Waals surface area contributed by atoms with E-state index in [2.05, 4.69) is 0 Å². The number of hydrogen-bond donors (Lipinski definition) is 0. The maximum absolute atomic E-state index is 11.4. The van der Waals surface area contributed by atoms with E-state index in [9.17, 15) is 4.79 Å². The van der Waals surface area contributed by atoms with Crippen molar-refractivity contribution in [3.05, 3.63) is 53.6 Å². The lowest BCUT2D eigenvalue weighted by Crippen LogP contribution is -1.98. The van der Waals surface area contributed by atoms with Crippen molar-refractivity contribution in [2.45, 2.75) is 6.92 Å². The third-order valence-corrected chi connectivity index (χ3v) is 2.43. The molecule has 70 valence electrons. The first kappa shape index (κ1) is 8.95. The van der Waals surface area contributed by atoms with E-state index in [1.165, 1.54) is 0 Å². The monoisotopic (exact) mass is 184 g/mol. The zero-order valence-electron chi connectivity index (χ0n) is 8.10. The van der Waals surface area contributed by atoms with Gasteiger partial charge in [-0.1, -0.05) is 43.3 Å². The number of hydrogen-bond acceptors (Lipinski definition) is 1. The SMILES string of the molecule is CC1C=CC(=O)C1=Cc1ccccc1. The van der Waals surface area contributed by atoms with Crippen molar-refractivity contribution in [2.24, 2.45) is 5.92 Å². The van der Waals surface area contributed by atoms with E-state index >= 15 is 0 Å². The van der Waals surface area contributed by atoms with Gasteiger partial charge < -0.3 is 0 Å². The zero-order valence-corrected chi connectivity index (χ0v) is 8.10. The van der Waals surface area contributed by atoms with Crippen LogP contribution in [0.3, 0.4) is 0 Å². The summed E-state index contributed by atoms with van der Waals surface area (Å²) in [6, 6.07) is 9.94. The van der Waals surface area contributed by atoms with Gasteiger partial charge in [0.05, 0.1) is 0 Å². The first-order chi connectivity index (χ1) is 6.77. The van der Waals surface area contributed by atoms with E-state index < -0.39 is 0 Å². The molecule has 1 nitrogen and oxygen atoms in total. The van der Waals surface area contributed by atoms with Crippen LogP contribution in [0.15, 0.2) is 48.1 Å². The van der Waals surface area contributed by atoms with Crippen LogP contribution in [0.1, 0.15) is 12.5 Å². The minimum atomic E-state index is 0.140. The average Bonchev–Trinajstić information content (AvgIpc) is 2.51. The molecule has 2 rings (SSSR count). The van der Waals surface area contributed by atoms with E-state index in [1.54, 1.807) is 6.08 Å². The highest BCUT2D eigenvalue weighted by Gasteiger charge is 2.18. The molecule has 0 aliphatic heterocycles. The Morgan fingerprint density at radius 2 is 1.93 bits per heavy atom. The summed E-state index contributed by atoms with van der Waals surface area (Å²) in [5, 5.41) is 0. The summed E-state index contributed by atoms with van der Waals surface area (Å²) in [6.07, 6.45) is 5.56. The van der Waals surface area contributed by atoms with Crippen LogP contribution in [0.5, 0.6) is 0 Å². The second-order valence-electron chi connectivity index (χ2n) is 3.52. The molecule has 0 spiro atoms. The van der Waals surface area contributed by atoms with Crippen LogP contribution in [0, 0.1) is 5.92 Å². The fraction of sp³-hybridized carbons (Fsp3) is 0.154. The molecule has 0 N–H and O–H groups in total. The van der Waals surface area contributed by atoms with Gasteiger partial charge in [-0.15, -0.1) is 0 Å². The molecule has 1 unspecified atom stereocenters. The van der Waals surface area contributed by atoms with Crippen LogP contribution >= 0.6 is 0 Å². The molecule has 1 aromatic carbocycles. The Morgan fingerprint density at radius 1 is 1.21 bits per heavy atom. The van der Waals surface area contributed by atoms with Crippen LogP contribution < -0.4 is 0 Å². The molecule has 1 atom stereocenters. The number of carbonyl (C=O) groups excluding carboxylic acids is 1. The summed E-state index contributed by atoms with van der Waals surface area (Å²) < 4.78 is 0. The van der Waals surface area contributed by atoms with Gasteiger partial charge in [-0.25, -0.2) is 0 Å². The quantitative estimate of drug-likeness (QED) is 0.613. The van der Waals surface area contributed by atoms with Crippen LogP contribution in [-0.4, -0.2) is 5.78 Å².